The lowest BCUT2D eigenvalue weighted by atomic mass is 10.1. The third-order valence-corrected chi connectivity index (χ3v) is 4.24. The summed E-state index contributed by atoms with van der Waals surface area (Å²) in [4.78, 5) is 36.7. The topological polar surface area (TPSA) is 86.7 Å². The van der Waals surface area contributed by atoms with Crippen LogP contribution in [0.1, 0.15) is 27.9 Å². The van der Waals surface area contributed by atoms with E-state index in [0.717, 1.165) is 11.1 Å². The van der Waals surface area contributed by atoms with E-state index in [2.05, 4.69) is 5.32 Å². The van der Waals surface area contributed by atoms with Gasteiger partial charge in [0.1, 0.15) is 6.54 Å². The van der Waals surface area contributed by atoms with E-state index in [-0.39, 0.29) is 24.8 Å². The zero-order valence-electron chi connectivity index (χ0n) is 15.4. The van der Waals surface area contributed by atoms with Gasteiger partial charge in [-0.3, -0.25) is 14.4 Å². The number of nitrogens with zero attached hydrogens (tertiary/aromatic N) is 1. The molecule has 6 heteroatoms. The molecule has 0 aromatic heterocycles. The Hall–Kier alpha value is -3.15. The van der Waals surface area contributed by atoms with Crippen LogP contribution in [-0.2, 0) is 22.4 Å². The maximum atomic E-state index is 12.5. The SMILES string of the molecule is CNC(=O)c1cccc(CCC(=O)N(CCc2ccccc2)CC(=O)O)c1. The summed E-state index contributed by atoms with van der Waals surface area (Å²) in [6.07, 6.45) is 1.25. The first kappa shape index (κ1) is 20.2. The number of rotatable bonds is 9. The highest BCUT2D eigenvalue weighted by Crippen LogP contribution is 2.10. The summed E-state index contributed by atoms with van der Waals surface area (Å²) < 4.78 is 0. The average molecular weight is 368 g/mol. The summed E-state index contributed by atoms with van der Waals surface area (Å²) in [7, 11) is 1.56. The molecular weight excluding hydrogens is 344 g/mol. The van der Waals surface area contributed by atoms with Crippen LogP contribution in [0.15, 0.2) is 54.6 Å². The molecule has 2 aromatic carbocycles. The van der Waals surface area contributed by atoms with Crippen molar-refractivity contribution in [1.82, 2.24) is 10.2 Å². The Morgan fingerprint density at radius 3 is 2.33 bits per heavy atom. The number of hydrogen-bond donors (Lipinski definition) is 2. The van der Waals surface area contributed by atoms with Gasteiger partial charge in [-0.2, -0.15) is 0 Å². The molecule has 2 N–H and O–H groups in total. The minimum atomic E-state index is -1.03. The number of carboxylic acids is 1. The second-order valence-electron chi connectivity index (χ2n) is 6.22. The molecule has 0 fully saturated rings. The molecular formula is C21H24N2O4. The van der Waals surface area contributed by atoms with Crippen LogP contribution in [0.5, 0.6) is 0 Å². The summed E-state index contributed by atoms with van der Waals surface area (Å²) in [5.41, 5.74) is 2.45. The van der Waals surface area contributed by atoms with E-state index in [0.29, 0.717) is 24.9 Å². The Morgan fingerprint density at radius 2 is 1.67 bits per heavy atom. The largest absolute Gasteiger partial charge is 0.480 e. The Kier molecular flexibility index (Phi) is 7.55. The van der Waals surface area contributed by atoms with E-state index >= 15 is 0 Å². The van der Waals surface area contributed by atoms with Gasteiger partial charge in [-0.15, -0.1) is 0 Å². The van der Waals surface area contributed by atoms with E-state index in [9.17, 15) is 14.4 Å². The zero-order valence-corrected chi connectivity index (χ0v) is 15.4. The Balaban J connectivity index is 1.96. The Labute approximate surface area is 158 Å². The molecule has 0 radical (unpaired) electrons. The number of nitrogens with one attached hydrogen (secondary N) is 1. The fourth-order valence-electron chi connectivity index (χ4n) is 2.79. The van der Waals surface area contributed by atoms with Gasteiger partial charge in [0.2, 0.25) is 5.91 Å². The highest BCUT2D eigenvalue weighted by atomic mass is 16.4. The molecule has 0 saturated heterocycles. The molecule has 6 nitrogen and oxygen atoms in total. The molecule has 27 heavy (non-hydrogen) atoms. The molecule has 0 bridgehead atoms. The Bertz CT molecular complexity index is 790. The van der Waals surface area contributed by atoms with Gasteiger partial charge in [0.25, 0.3) is 5.91 Å². The van der Waals surface area contributed by atoms with Crippen LogP contribution in [0.2, 0.25) is 0 Å². The summed E-state index contributed by atoms with van der Waals surface area (Å²) in [6.45, 7) is 0.0391. The predicted octanol–water partition coefficient (Wildman–Crippen LogP) is 2.13. The van der Waals surface area contributed by atoms with Crippen LogP contribution in [-0.4, -0.2) is 47.9 Å². The van der Waals surface area contributed by atoms with Crippen molar-refractivity contribution in [2.75, 3.05) is 20.1 Å². The smallest absolute Gasteiger partial charge is 0.323 e. The number of amides is 2. The van der Waals surface area contributed by atoms with Crippen LogP contribution in [0.3, 0.4) is 0 Å². The number of aliphatic carboxylic acids is 1. The molecule has 2 rings (SSSR count). The number of carbonyl (C=O) groups is 3. The summed E-state index contributed by atoms with van der Waals surface area (Å²) in [5.74, 6) is -1.42. The number of benzene rings is 2. The van der Waals surface area contributed by atoms with Gasteiger partial charge in [0.15, 0.2) is 0 Å². The van der Waals surface area contributed by atoms with Gasteiger partial charge in [-0.25, -0.2) is 0 Å². The zero-order chi connectivity index (χ0) is 19.6. The molecule has 2 amide bonds. The minimum Gasteiger partial charge on any atom is -0.480 e. The van der Waals surface area contributed by atoms with Crippen LogP contribution >= 0.6 is 0 Å². The maximum Gasteiger partial charge on any atom is 0.323 e. The van der Waals surface area contributed by atoms with Crippen LogP contribution < -0.4 is 5.32 Å². The lowest BCUT2D eigenvalue weighted by Crippen LogP contribution is -2.37. The molecule has 0 aliphatic carbocycles. The lowest BCUT2D eigenvalue weighted by molar-refractivity contribution is -0.144. The van der Waals surface area contributed by atoms with Crippen molar-refractivity contribution in [2.45, 2.75) is 19.3 Å². The summed E-state index contributed by atoms with van der Waals surface area (Å²) >= 11 is 0. The third-order valence-electron chi connectivity index (χ3n) is 4.24. The van der Waals surface area contributed by atoms with Crippen molar-refractivity contribution in [1.29, 1.82) is 0 Å². The van der Waals surface area contributed by atoms with Gasteiger partial charge >= 0.3 is 5.97 Å². The Morgan fingerprint density at radius 1 is 0.963 bits per heavy atom. The molecule has 0 spiro atoms. The molecule has 2 aromatic rings. The standard InChI is InChI=1S/C21H24N2O4/c1-22-21(27)18-9-5-8-17(14-18)10-11-19(24)23(15-20(25)26)13-12-16-6-3-2-4-7-16/h2-9,14H,10-13,15H2,1H3,(H,22,27)(H,25,26). The molecule has 0 saturated carbocycles. The minimum absolute atomic E-state index is 0.182. The number of aryl methyl sites for hydroxylation is 1. The number of carboxylic acid groups (broad SMARTS) is 1. The van der Waals surface area contributed by atoms with E-state index in [1.807, 2.05) is 36.4 Å². The first-order valence-electron chi connectivity index (χ1n) is 8.84. The van der Waals surface area contributed by atoms with Gasteiger partial charge in [0.05, 0.1) is 0 Å². The highest BCUT2D eigenvalue weighted by Gasteiger charge is 2.17. The monoisotopic (exact) mass is 368 g/mol. The summed E-state index contributed by atoms with van der Waals surface area (Å²) in [5, 5.41) is 11.7. The van der Waals surface area contributed by atoms with E-state index < -0.39 is 5.97 Å². The van der Waals surface area contributed by atoms with Crippen molar-refractivity contribution in [2.24, 2.45) is 0 Å². The van der Waals surface area contributed by atoms with Crippen molar-refractivity contribution in [3.05, 3.63) is 71.3 Å². The van der Waals surface area contributed by atoms with Crippen molar-refractivity contribution in [3.8, 4) is 0 Å². The maximum absolute atomic E-state index is 12.5. The second kappa shape index (κ2) is 10.1. The lowest BCUT2D eigenvalue weighted by Gasteiger charge is -2.21. The predicted molar refractivity (Wildman–Crippen MR) is 103 cm³/mol. The van der Waals surface area contributed by atoms with Gasteiger partial charge in [-0.1, -0.05) is 42.5 Å². The molecule has 0 unspecified atom stereocenters. The fourth-order valence-corrected chi connectivity index (χ4v) is 2.79. The quantitative estimate of drug-likeness (QED) is 0.710. The normalized spacial score (nSPS) is 10.3. The number of hydrogen-bond acceptors (Lipinski definition) is 3. The third kappa shape index (κ3) is 6.58. The number of carbonyl (C=O) groups excluding carboxylic acids is 2. The molecule has 0 atom stereocenters. The van der Waals surface area contributed by atoms with Crippen LogP contribution in [0.25, 0.3) is 0 Å². The van der Waals surface area contributed by atoms with Gasteiger partial charge < -0.3 is 15.3 Å². The van der Waals surface area contributed by atoms with E-state index in [1.165, 1.54) is 4.90 Å². The van der Waals surface area contributed by atoms with Gasteiger partial charge in [-0.05, 0) is 36.1 Å². The van der Waals surface area contributed by atoms with Crippen molar-refractivity contribution < 1.29 is 19.5 Å². The van der Waals surface area contributed by atoms with Crippen molar-refractivity contribution >= 4 is 17.8 Å². The van der Waals surface area contributed by atoms with E-state index in [1.54, 1.807) is 25.2 Å². The van der Waals surface area contributed by atoms with Gasteiger partial charge in [0, 0.05) is 25.6 Å². The van der Waals surface area contributed by atoms with Crippen LogP contribution in [0, 0.1) is 0 Å². The van der Waals surface area contributed by atoms with Crippen LogP contribution in [0.4, 0.5) is 0 Å². The molecule has 0 aliphatic rings. The van der Waals surface area contributed by atoms with E-state index in [4.69, 9.17) is 5.11 Å². The highest BCUT2D eigenvalue weighted by molar-refractivity contribution is 5.94. The molecule has 142 valence electrons. The first-order valence-corrected chi connectivity index (χ1v) is 8.84. The average Bonchev–Trinajstić information content (AvgIpc) is 2.69. The van der Waals surface area contributed by atoms with Crippen molar-refractivity contribution in [3.63, 3.8) is 0 Å². The summed E-state index contributed by atoms with van der Waals surface area (Å²) in [6, 6.07) is 16.7. The first-order chi connectivity index (χ1) is 13.0. The molecule has 0 aliphatic heterocycles. The second-order valence-corrected chi connectivity index (χ2v) is 6.22. The fraction of sp³-hybridized carbons (Fsp3) is 0.286. The molecule has 0 heterocycles.